The molecule has 0 amide bonds. The zero-order chi connectivity index (χ0) is 21.2. The van der Waals surface area contributed by atoms with Crippen LogP contribution >= 0.6 is 0 Å². The van der Waals surface area contributed by atoms with Gasteiger partial charge in [-0.3, -0.25) is 0 Å². The molecule has 0 saturated heterocycles. The van der Waals surface area contributed by atoms with Crippen molar-refractivity contribution in [3.05, 3.63) is 78.9 Å². The highest BCUT2D eigenvalue weighted by Crippen LogP contribution is 2.30. The van der Waals surface area contributed by atoms with Crippen LogP contribution in [0.2, 0.25) is 0 Å². The van der Waals surface area contributed by atoms with E-state index in [9.17, 15) is 0 Å². The third-order valence-corrected chi connectivity index (χ3v) is 5.65. The molecular formula is C27H26N4. The molecule has 0 aliphatic carbocycles. The van der Waals surface area contributed by atoms with E-state index in [1.54, 1.807) is 0 Å². The summed E-state index contributed by atoms with van der Waals surface area (Å²) in [6, 6.07) is 27.6. The van der Waals surface area contributed by atoms with E-state index in [4.69, 9.17) is 9.97 Å². The standard InChI is InChI=1S/C27H26N4/c1-31(2)15-7-14-28-27-24-17-21-10-5-6-11-22(21)18-25(24)29-26(30-27)23-13-12-19-8-3-4-9-20(19)16-23/h3-6,8-13,16-18H,7,14-15H2,1-2H3,(H,28,29,30). The first-order valence-electron chi connectivity index (χ1n) is 10.8. The predicted octanol–water partition coefficient (Wildman–Crippen LogP) is 5.97. The summed E-state index contributed by atoms with van der Waals surface area (Å²) in [6.07, 6.45) is 1.05. The molecule has 4 nitrogen and oxygen atoms in total. The number of hydrogen-bond acceptors (Lipinski definition) is 4. The van der Waals surface area contributed by atoms with Gasteiger partial charge in [-0.15, -0.1) is 0 Å². The number of nitrogens with one attached hydrogen (secondary N) is 1. The van der Waals surface area contributed by atoms with Gasteiger partial charge in [-0.25, -0.2) is 9.97 Å². The molecule has 0 saturated carbocycles. The molecule has 154 valence electrons. The maximum Gasteiger partial charge on any atom is 0.162 e. The number of aromatic nitrogens is 2. The molecule has 0 spiro atoms. The maximum atomic E-state index is 4.97. The largest absolute Gasteiger partial charge is 0.369 e. The summed E-state index contributed by atoms with van der Waals surface area (Å²) >= 11 is 0. The third-order valence-electron chi connectivity index (χ3n) is 5.65. The van der Waals surface area contributed by atoms with E-state index in [1.165, 1.54) is 21.5 Å². The summed E-state index contributed by atoms with van der Waals surface area (Å²) in [5.74, 6) is 1.65. The van der Waals surface area contributed by atoms with Crippen molar-refractivity contribution in [2.45, 2.75) is 6.42 Å². The van der Waals surface area contributed by atoms with Gasteiger partial charge in [0.15, 0.2) is 5.82 Å². The van der Waals surface area contributed by atoms with Crippen molar-refractivity contribution in [1.29, 1.82) is 0 Å². The molecule has 0 bridgehead atoms. The normalized spacial score (nSPS) is 11.6. The van der Waals surface area contributed by atoms with Gasteiger partial charge < -0.3 is 10.2 Å². The molecule has 1 aromatic heterocycles. The SMILES string of the molecule is CN(C)CCCNc1nc(-c2ccc3ccccc3c2)nc2cc3ccccc3cc12. The van der Waals surface area contributed by atoms with Gasteiger partial charge in [-0.05, 0) is 66.8 Å². The lowest BCUT2D eigenvalue weighted by Crippen LogP contribution is -2.16. The highest BCUT2D eigenvalue weighted by molar-refractivity contribution is 6.01. The molecular weight excluding hydrogens is 380 g/mol. The monoisotopic (exact) mass is 406 g/mol. The van der Waals surface area contributed by atoms with E-state index in [-0.39, 0.29) is 0 Å². The summed E-state index contributed by atoms with van der Waals surface area (Å²) in [4.78, 5) is 12.1. The van der Waals surface area contributed by atoms with E-state index in [2.05, 4.69) is 103 Å². The quantitative estimate of drug-likeness (QED) is 0.279. The Balaban J connectivity index is 1.62. The first kappa shape index (κ1) is 19.5. The first-order chi connectivity index (χ1) is 15.2. The Hall–Kier alpha value is -3.50. The highest BCUT2D eigenvalue weighted by Gasteiger charge is 2.11. The van der Waals surface area contributed by atoms with Gasteiger partial charge in [0.25, 0.3) is 0 Å². The Bertz CT molecular complexity index is 1370. The minimum absolute atomic E-state index is 0.753. The fraction of sp³-hybridized carbons (Fsp3) is 0.185. The summed E-state index contributed by atoms with van der Waals surface area (Å²) < 4.78 is 0. The zero-order valence-electron chi connectivity index (χ0n) is 18.0. The van der Waals surface area contributed by atoms with Crippen LogP contribution in [0.4, 0.5) is 5.82 Å². The van der Waals surface area contributed by atoms with Crippen molar-refractivity contribution in [2.75, 3.05) is 32.5 Å². The van der Waals surface area contributed by atoms with Crippen molar-refractivity contribution in [3.8, 4) is 11.4 Å². The van der Waals surface area contributed by atoms with Crippen LogP contribution in [0.1, 0.15) is 6.42 Å². The van der Waals surface area contributed by atoms with Gasteiger partial charge in [0.1, 0.15) is 5.82 Å². The predicted molar refractivity (Wildman–Crippen MR) is 132 cm³/mol. The second-order valence-corrected chi connectivity index (χ2v) is 8.26. The molecule has 0 atom stereocenters. The fourth-order valence-corrected chi connectivity index (χ4v) is 4.01. The number of nitrogens with zero attached hydrogens (tertiary/aromatic N) is 3. The van der Waals surface area contributed by atoms with Gasteiger partial charge in [-0.2, -0.15) is 0 Å². The Kier molecular flexibility index (Phi) is 5.23. The number of fused-ring (bicyclic) bond motifs is 3. The summed E-state index contributed by atoms with van der Waals surface area (Å²) in [5, 5.41) is 9.45. The molecule has 31 heavy (non-hydrogen) atoms. The maximum absolute atomic E-state index is 4.97. The van der Waals surface area contributed by atoms with Crippen LogP contribution in [0.15, 0.2) is 78.9 Å². The van der Waals surface area contributed by atoms with Crippen LogP contribution in [-0.4, -0.2) is 42.1 Å². The van der Waals surface area contributed by atoms with E-state index < -0.39 is 0 Å². The average Bonchev–Trinajstić information content (AvgIpc) is 2.80. The van der Waals surface area contributed by atoms with Gasteiger partial charge >= 0.3 is 0 Å². The second kappa shape index (κ2) is 8.32. The summed E-state index contributed by atoms with van der Waals surface area (Å²) in [5.41, 5.74) is 2.00. The van der Waals surface area contributed by atoms with E-state index in [0.717, 1.165) is 47.6 Å². The average molecular weight is 407 g/mol. The Labute approximate surface area is 182 Å². The zero-order valence-corrected chi connectivity index (χ0v) is 18.0. The van der Waals surface area contributed by atoms with Gasteiger partial charge in [0.05, 0.1) is 5.52 Å². The molecule has 0 radical (unpaired) electrons. The summed E-state index contributed by atoms with van der Waals surface area (Å²) in [6.45, 7) is 1.91. The lowest BCUT2D eigenvalue weighted by Gasteiger charge is -2.14. The molecule has 1 N–H and O–H groups in total. The number of hydrogen-bond donors (Lipinski definition) is 1. The molecule has 4 heteroatoms. The Morgan fingerprint density at radius 2 is 1.42 bits per heavy atom. The minimum atomic E-state index is 0.753. The van der Waals surface area contributed by atoms with E-state index in [0.29, 0.717) is 0 Å². The molecule has 4 aromatic carbocycles. The van der Waals surface area contributed by atoms with Crippen molar-refractivity contribution >= 4 is 38.3 Å². The van der Waals surface area contributed by atoms with Crippen molar-refractivity contribution < 1.29 is 0 Å². The molecule has 0 aliphatic rings. The van der Waals surface area contributed by atoms with Crippen LogP contribution in [-0.2, 0) is 0 Å². The Morgan fingerprint density at radius 3 is 2.16 bits per heavy atom. The third kappa shape index (κ3) is 4.07. The van der Waals surface area contributed by atoms with Crippen LogP contribution in [0.3, 0.4) is 0 Å². The van der Waals surface area contributed by atoms with E-state index >= 15 is 0 Å². The van der Waals surface area contributed by atoms with Gasteiger partial charge in [0, 0.05) is 17.5 Å². The Morgan fingerprint density at radius 1 is 0.742 bits per heavy atom. The molecule has 0 aliphatic heterocycles. The minimum Gasteiger partial charge on any atom is -0.369 e. The van der Waals surface area contributed by atoms with Crippen LogP contribution in [0.25, 0.3) is 43.8 Å². The van der Waals surface area contributed by atoms with E-state index in [1.807, 2.05) is 0 Å². The molecule has 1 heterocycles. The second-order valence-electron chi connectivity index (χ2n) is 8.26. The molecule has 0 fully saturated rings. The van der Waals surface area contributed by atoms with Crippen LogP contribution in [0.5, 0.6) is 0 Å². The number of anilines is 1. The molecule has 5 rings (SSSR count). The number of rotatable bonds is 6. The topological polar surface area (TPSA) is 41.0 Å². The van der Waals surface area contributed by atoms with Crippen LogP contribution < -0.4 is 5.32 Å². The van der Waals surface area contributed by atoms with Crippen molar-refractivity contribution in [2.24, 2.45) is 0 Å². The molecule has 5 aromatic rings. The van der Waals surface area contributed by atoms with Gasteiger partial charge in [0.2, 0.25) is 0 Å². The smallest absolute Gasteiger partial charge is 0.162 e. The molecule has 0 unspecified atom stereocenters. The van der Waals surface area contributed by atoms with Crippen molar-refractivity contribution in [3.63, 3.8) is 0 Å². The van der Waals surface area contributed by atoms with Crippen molar-refractivity contribution in [1.82, 2.24) is 14.9 Å². The summed E-state index contributed by atoms with van der Waals surface area (Å²) in [7, 11) is 4.20. The lowest BCUT2D eigenvalue weighted by molar-refractivity contribution is 0.405. The highest BCUT2D eigenvalue weighted by atomic mass is 15.1. The fourth-order valence-electron chi connectivity index (χ4n) is 4.01. The van der Waals surface area contributed by atoms with Gasteiger partial charge in [-0.1, -0.05) is 60.7 Å². The first-order valence-corrected chi connectivity index (χ1v) is 10.8. The lowest BCUT2D eigenvalue weighted by atomic mass is 10.1. The number of benzene rings is 4. The van der Waals surface area contributed by atoms with Crippen LogP contribution in [0, 0.1) is 0 Å².